The number of benzene rings is 1. The van der Waals surface area contributed by atoms with Crippen molar-refractivity contribution in [3.8, 4) is 0 Å². The molecule has 7 nitrogen and oxygen atoms in total. The molecule has 114 valence electrons. The zero-order valence-electron chi connectivity index (χ0n) is 11.7. The van der Waals surface area contributed by atoms with Crippen LogP contribution in [0.1, 0.15) is 34.9 Å². The molecule has 1 aliphatic carbocycles. The lowest BCUT2D eigenvalue weighted by Gasteiger charge is -2.04. The quantitative estimate of drug-likeness (QED) is 0.699. The molecule has 0 radical (unpaired) electrons. The molecule has 0 spiro atoms. The van der Waals surface area contributed by atoms with Gasteiger partial charge in [-0.1, -0.05) is 11.8 Å². The van der Waals surface area contributed by atoms with Crippen LogP contribution in [-0.2, 0) is 4.79 Å². The average molecular weight is 317 g/mol. The van der Waals surface area contributed by atoms with Crippen LogP contribution in [0.4, 0.5) is 5.69 Å². The van der Waals surface area contributed by atoms with E-state index in [9.17, 15) is 9.59 Å². The van der Waals surface area contributed by atoms with Gasteiger partial charge in [0.15, 0.2) is 0 Å². The van der Waals surface area contributed by atoms with E-state index in [0.29, 0.717) is 22.3 Å². The van der Waals surface area contributed by atoms with E-state index in [0.717, 1.165) is 18.7 Å². The SMILES string of the molecule is NC(=O)c1ccc(NC(=O)CSc2n[nH]c(C3CC3)n2)cc1. The molecule has 2 aromatic rings. The number of nitrogens with zero attached hydrogens (tertiary/aromatic N) is 2. The smallest absolute Gasteiger partial charge is 0.248 e. The van der Waals surface area contributed by atoms with Gasteiger partial charge in [0.05, 0.1) is 5.75 Å². The number of rotatable bonds is 6. The molecule has 3 rings (SSSR count). The van der Waals surface area contributed by atoms with Crippen LogP contribution >= 0.6 is 11.8 Å². The van der Waals surface area contributed by atoms with E-state index in [1.165, 1.54) is 11.8 Å². The second-order valence-electron chi connectivity index (χ2n) is 5.06. The first kappa shape index (κ1) is 14.6. The van der Waals surface area contributed by atoms with Gasteiger partial charge < -0.3 is 11.1 Å². The Hall–Kier alpha value is -2.35. The number of aromatic amines is 1. The number of hydrogen-bond donors (Lipinski definition) is 3. The van der Waals surface area contributed by atoms with Crippen LogP contribution in [0.25, 0.3) is 0 Å². The lowest BCUT2D eigenvalue weighted by atomic mass is 10.2. The van der Waals surface area contributed by atoms with Gasteiger partial charge in [0.1, 0.15) is 5.82 Å². The minimum Gasteiger partial charge on any atom is -0.366 e. The Morgan fingerprint density at radius 2 is 2.05 bits per heavy atom. The predicted molar refractivity (Wildman–Crippen MR) is 82.7 cm³/mol. The number of anilines is 1. The van der Waals surface area contributed by atoms with E-state index < -0.39 is 5.91 Å². The number of amides is 2. The molecule has 0 atom stereocenters. The van der Waals surface area contributed by atoms with E-state index in [4.69, 9.17) is 5.73 Å². The zero-order chi connectivity index (χ0) is 15.5. The van der Waals surface area contributed by atoms with Gasteiger partial charge in [-0.2, -0.15) is 0 Å². The number of nitrogens with two attached hydrogens (primary N) is 1. The lowest BCUT2D eigenvalue weighted by Crippen LogP contribution is -2.15. The summed E-state index contributed by atoms with van der Waals surface area (Å²) in [6.07, 6.45) is 2.31. The van der Waals surface area contributed by atoms with Crippen molar-refractivity contribution in [3.63, 3.8) is 0 Å². The fourth-order valence-corrected chi connectivity index (χ4v) is 2.51. The molecule has 1 aliphatic rings. The molecule has 1 heterocycles. The number of hydrogen-bond acceptors (Lipinski definition) is 5. The third kappa shape index (κ3) is 3.64. The van der Waals surface area contributed by atoms with Crippen molar-refractivity contribution >= 4 is 29.3 Å². The molecule has 1 fully saturated rings. The molecule has 0 saturated heterocycles. The Kier molecular flexibility index (Phi) is 4.10. The summed E-state index contributed by atoms with van der Waals surface area (Å²) in [7, 11) is 0. The van der Waals surface area contributed by atoms with Gasteiger partial charge in [-0.15, -0.1) is 5.10 Å². The maximum Gasteiger partial charge on any atom is 0.248 e. The standard InChI is InChI=1S/C14H15N5O2S/c15-12(21)8-3-5-10(6-4-8)16-11(20)7-22-14-17-13(18-19-14)9-1-2-9/h3-6,9H,1-2,7H2,(H2,15,21)(H,16,20)(H,17,18,19). The normalized spacial score (nSPS) is 13.8. The summed E-state index contributed by atoms with van der Waals surface area (Å²) in [5, 5.41) is 10.3. The summed E-state index contributed by atoms with van der Waals surface area (Å²) in [6, 6.07) is 6.42. The highest BCUT2D eigenvalue weighted by atomic mass is 32.2. The Morgan fingerprint density at radius 3 is 2.68 bits per heavy atom. The lowest BCUT2D eigenvalue weighted by molar-refractivity contribution is -0.113. The number of primary amides is 1. The number of nitrogens with one attached hydrogen (secondary N) is 2. The van der Waals surface area contributed by atoms with Crippen molar-refractivity contribution in [3.05, 3.63) is 35.7 Å². The third-order valence-electron chi connectivity index (χ3n) is 3.23. The fraction of sp³-hybridized carbons (Fsp3) is 0.286. The zero-order valence-corrected chi connectivity index (χ0v) is 12.5. The summed E-state index contributed by atoms with van der Waals surface area (Å²) in [4.78, 5) is 27.2. The van der Waals surface area contributed by atoms with Crippen molar-refractivity contribution in [1.29, 1.82) is 0 Å². The first-order valence-corrected chi connectivity index (χ1v) is 7.85. The minimum atomic E-state index is -0.496. The van der Waals surface area contributed by atoms with Crippen LogP contribution in [0.3, 0.4) is 0 Å². The van der Waals surface area contributed by atoms with E-state index in [-0.39, 0.29) is 11.7 Å². The molecular weight excluding hydrogens is 302 g/mol. The van der Waals surface area contributed by atoms with Gasteiger partial charge in [0.25, 0.3) is 0 Å². The Labute approximate surface area is 131 Å². The largest absolute Gasteiger partial charge is 0.366 e. The monoisotopic (exact) mass is 317 g/mol. The van der Waals surface area contributed by atoms with Crippen LogP contribution < -0.4 is 11.1 Å². The molecule has 2 amide bonds. The van der Waals surface area contributed by atoms with Gasteiger partial charge in [0, 0.05) is 17.2 Å². The molecule has 8 heteroatoms. The van der Waals surface area contributed by atoms with E-state index >= 15 is 0 Å². The van der Waals surface area contributed by atoms with Crippen molar-refractivity contribution in [2.45, 2.75) is 23.9 Å². The van der Waals surface area contributed by atoms with Crippen molar-refractivity contribution in [2.24, 2.45) is 5.73 Å². The molecule has 1 aromatic heterocycles. The summed E-state index contributed by atoms with van der Waals surface area (Å²) in [5.41, 5.74) is 6.18. The van der Waals surface area contributed by atoms with Gasteiger partial charge in [-0.25, -0.2) is 4.98 Å². The maximum atomic E-state index is 11.9. The van der Waals surface area contributed by atoms with Crippen LogP contribution in [-0.4, -0.2) is 32.7 Å². The molecular formula is C14H15N5O2S. The molecule has 0 bridgehead atoms. The summed E-state index contributed by atoms with van der Waals surface area (Å²) < 4.78 is 0. The third-order valence-corrected chi connectivity index (χ3v) is 4.08. The second kappa shape index (κ2) is 6.18. The molecule has 1 saturated carbocycles. The number of H-pyrrole nitrogens is 1. The van der Waals surface area contributed by atoms with Gasteiger partial charge in [-0.3, -0.25) is 14.7 Å². The molecule has 22 heavy (non-hydrogen) atoms. The highest BCUT2D eigenvalue weighted by Crippen LogP contribution is 2.38. The summed E-state index contributed by atoms with van der Waals surface area (Å²) in [6.45, 7) is 0. The van der Waals surface area contributed by atoms with Crippen molar-refractivity contribution < 1.29 is 9.59 Å². The van der Waals surface area contributed by atoms with Crippen LogP contribution in [0.2, 0.25) is 0 Å². The highest BCUT2D eigenvalue weighted by molar-refractivity contribution is 7.99. The average Bonchev–Trinajstić information content (AvgIpc) is 3.25. The Balaban J connectivity index is 1.49. The van der Waals surface area contributed by atoms with E-state index in [1.807, 2.05) is 0 Å². The van der Waals surface area contributed by atoms with Crippen molar-refractivity contribution in [1.82, 2.24) is 15.2 Å². The molecule has 1 aromatic carbocycles. The number of carbonyl (C=O) groups excluding carboxylic acids is 2. The van der Waals surface area contributed by atoms with Gasteiger partial charge in [0.2, 0.25) is 17.0 Å². The number of thioether (sulfide) groups is 1. The first-order valence-electron chi connectivity index (χ1n) is 6.86. The summed E-state index contributed by atoms with van der Waals surface area (Å²) in [5.74, 6) is 0.989. The second-order valence-corrected chi connectivity index (χ2v) is 6.00. The van der Waals surface area contributed by atoms with Gasteiger partial charge >= 0.3 is 0 Å². The molecule has 0 unspecified atom stereocenters. The number of aromatic nitrogens is 3. The molecule has 0 aliphatic heterocycles. The van der Waals surface area contributed by atoms with Crippen LogP contribution in [0.15, 0.2) is 29.4 Å². The Bertz CT molecular complexity index is 694. The predicted octanol–water partition coefficient (Wildman–Crippen LogP) is 1.51. The van der Waals surface area contributed by atoms with Crippen LogP contribution in [0.5, 0.6) is 0 Å². The fourth-order valence-electron chi connectivity index (χ4n) is 1.91. The van der Waals surface area contributed by atoms with Gasteiger partial charge in [-0.05, 0) is 37.1 Å². The summed E-state index contributed by atoms with van der Waals surface area (Å²) >= 11 is 1.28. The Morgan fingerprint density at radius 1 is 1.32 bits per heavy atom. The van der Waals surface area contributed by atoms with E-state index in [1.54, 1.807) is 24.3 Å². The molecule has 4 N–H and O–H groups in total. The van der Waals surface area contributed by atoms with Crippen molar-refractivity contribution in [2.75, 3.05) is 11.1 Å². The topological polar surface area (TPSA) is 114 Å². The highest BCUT2D eigenvalue weighted by Gasteiger charge is 2.27. The van der Waals surface area contributed by atoms with Crippen LogP contribution in [0, 0.1) is 0 Å². The van der Waals surface area contributed by atoms with E-state index in [2.05, 4.69) is 20.5 Å². The minimum absolute atomic E-state index is 0.158. The number of carbonyl (C=O) groups is 2. The first-order chi connectivity index (χ1) is 10.6. The maximum absolute atomic E-state index is 11.9.